The second kappa shape index (κ2) is 8.29. The summed E-state index contributed by atoms with van der Waals surface area (Å²) in [4.78, 5) is 24.1. The Kier molecular flexibility index (Phi) is 6.04. The number of nitrogens with zero attached hydrogens (tertiary/aromatic N) is 4. The summed E-state index contributed by atoms with van der Waals surface area (Å²) in [6.07, 6.45) is -4.70. The fraction of sp³-hybridized carbons (Fsp3) is 0.294. The molecule has 0 aromatic carbocycles. The van der Waals surface area contributed by atoms with Crippen molar-refractivity contribution in [2.45, 2.75) is 12.6 Å². The number of hydrogen-bond acceptors (Lipinski definition) is 7. The van der Waals surface area contributed by atoms with Gasteiger partial charge in [-0.15, -0.1) is 0 Å². The molecule has 0 aliphatic heterocycles. The lowest BCUT2D eigenvalue weighted by Crippen LogP contribution is -2.24. The molecular weight excluding hydrogens is 463 g/mol. The molecule has 3 rings (SSSR count). The van der Waals surface area contributed by atoms with Crippen molar-refractivity contribution in [1.29, 1.82) is 0 Å². The third-order valence-electron chi connectivity index (χ3n) is 4.32. The first kappa shape index (κ1) is 23.3. The van der Waals surface area contributed by atoms with E-state index >= 15 is 4.39 Å². The molecule has 15 heteroatoms. The number of fused-ring (bicyclic) bond motifs is 1. The van der Waals surface area contributed by atoms with E-state index in [0.29, 0.717) is 6.20 Å². The smallest absolute Gasteiger partial charge is 0.357 e. The minimum absolute atomic E-state index is 0.154. The Morgan fingerprint density at radius 1 is 1.16 bits per heavy atom. The van der Waals surface area contributed by atoms with Crippen LogP contribution in [0.2, 0.25) is 0 Å². The van der Waals surface area contributed by atoms with Crippen LogP contribution in [0.5, 0.6) is 0 Å². The van der Waals surface area contributed by atoms with Crippen LogP contribution in [0.15, 0.2) is 23.3 Å². The summed E-state index contributed by atoms with van der Waals surface area (Å²) in [6, 6.07) is 1.11. The topological polar surface area (TPSA) is 119 Å². The highest BCUT2D eigenvalue weighted by Gasteiger charge is 2.31. The van der Waals surface area contributed by atoms with E-state index in [2.05, 4.69) is 20.3 Å². The monoisotopic (exact) mass is 478 g/mol. The third kappa shape index (κ3) is 4.76. The normalized spacial score (nSPS) is 12.2. The minimum Gasteiger partial charge on any atom is -0.357 e. The van der Waals surface area contributed by atoms with Gasteiger partial charge < -0.3 is 5.32 Å². The molecule has 0 saturated heterocycles. The Bertz CT molecular complexity index is 1360. The van der Waals surface area contributed by atoms with Crippen LogP contribution in [0.3, 0.4) is 0 Å². The molecule has 0 atom stereocenters. The maximum Gasteiger partial charge on any atom is 0.390 e. The Labute approximate surface area is 177 Å². The molecule has 3 aromatic heterocycles. The zero-order valence-corrected chi connectivity index (χ0v) is 17.3. The Morgan fingerprint density at radius 2 is 1.84 bits per heavy atom. The quantitative estimate of drug-likeness (QED) is 0.523. The Morgan fingerprint density at radius 3 is 2.47 bits per heavy atom. The first-order valence-electron chi connectivity index (χ1n) is 8.79. The Balaban J connectivity index is 2.11. The van der Waals surface area contributed by atoms with E-state index < -0.39 is 62.5 Å². The molecule has 9 nitrogen and oxygen atoms in total. The number of nitrogens with one attached hydrogen (secondary N) is 2. The van der Waals surface area contributed by atoms with E-state index in [9.17, 15) is 30.8 Å². The SMILES string of the molecule is CNc1ncc2cc(-c3c(F)cnc(NS(=O)(=O)CCC(F)(F)F)c3F)c(=O)n(C)c2n1. The highest BCUT2D eigenvalue weighted by Crippen LogP contribution is 2.29. The molecule has 0 aliphatic rings. The summed E-state index contributed by atoms with van der Waals surface area (Å²) in [6.45, 7) is 0. The second-order valence-corrected chi connectivity index (χ2v) is 8.42. The summed E-state index contributed by atoms with van der Waals surface area (Å²) < 4.78 is 92.8. The van der Waals surface area contributed by atoms with Crippen LogP contribution in [0.25, 0.3) is 22.2 Å². The van der Waals surface area contributed by atoms with Gasteiger partial charge in [-0.3, -0.25) is 14.1 Å². The van der Waals surface area contributed by atoms with Crippen molar-refractivity contribution < 1.29 is 30.4 Å². The maximum atomic E-state index is 15.0. The number of alkyl halides is 3. The van der Waals surface area contributed by atoms with E-state index in [-0.39, 0.29) is 17.0 Å². The van der Waals surface area contributed by atoms with Crippen molar-refractivity contribution in [2.75, 3.05) is 22.8 Å². The fourth-order valence-electron chi connectivity index (χ4n) is 2.78. The number of hydrogen-bond donors (Lipinski definition) is 2. The predicted molar refractivity (Wildman–Crippen MR) is 106 cm³/mol. The van der Waals surface area contributed by atoms with Crippen molar-refractivity contribution in [1.82, 2.24) is 19.5 Å². The van der Waals surface area contributed by atoms with Crippen LogP contribution in [0.4, 0.5) is 33.7 Å². The van der Waals surface area contributed by atoms with Gasteiger partial charge in [0.1, 0.15) is 5.65 Å². The third-order valence-corrected chi connectivity index (χ3v) is 5.57. The van der Waals surface area contributed by atoms with Gasteiger partial charge in [-0.2, -0.15) is 18.2 Å². The van der Waals surface area contributed by atoms with Gasteiger partial charge in [0.25, 0.3) is 5.56 Å². The van der Waals surface area contributed by atoms with Crippen LogP contribution in [0, 0.1) is 11.6 Å². The summed E-state index contributed by atoms with van der Waals surface area (Å²) in [5, 5.41) is 2.92. The number of pyridine rings is 2. The average molecular weight is 478 g/mol. The lowest BCUT2D eigenvalue weighted by Gasteiger charge is -2.13. The molecule has 32 heavy (non-hydrogen) atoms. The van der Waals surface area contributed by atoms with Crippen molar-refractivity contribution >= 4 is 32.8 Å². The highest BCUT2D eigenvalue weighted by molar-refractivity contribution is 7.92. The first-order chi connectivity index (χ1) is 14.8. The number of sulfonamides is 1. The van der Waals surface area contributed by atoms with E-state index in [1.807, 2.05) is 0 Å². The summed E-state index contributed by atoms with van der Waals surface area (Å²) in [5.74, 6) is -5.10. The van der Waals surface area contributed by atoms with Crippen LogP contribution in [-0.2, 0) is 17.1 Å². The van der Waals surface area contributed by atoms with Gasteiger partial charge in [-0.1, -0.05) is 0 Å². The van der Waals surface area contributed by atoms with Crippen molar-refractivity contribution in [3.8, 4) is 11.1 Å². The summed E-state index contributed by atoms with van der Waals surface area (Å²) in [7, 11) is -1.82. The van der Waals surface area contributed by atoms with Gasteiger partial charge in [0.05, 0.1) is 29.5 Å². The molecule has 3 heterocycles. The number of rotatable bonds is 6. The van der Waals surface area contributed by atoms with E-state index in [4.69, 9.17) is 0 Å². The standard InChI is InChI=1S/C17H15F5N6O3S/c1-23-16-25-6-8-5-9(15(29)28(2)14(8)26-16)11-10(18)7-24-13(12(11)19)27-32(30,31)4-3-17(20,21)22/h5-7H,3-4H2,1-2H3,(H,24,27)(H,23,25,26). The minimum atomic E-state index is -4.76. The summed E-state index contributed by atoms with van der Waals surface area (Å²) in [5.41, 5.74) is -2.11. The zero-order chi connectivity index (χ0) is 23.8. The molecule has 0 bridgehead atoms. The fourth-order valence-corrected chi connectivity index (χ4v) is 3.82. The molecule has 0 fully saturated rings. The van der Waals surface area contributed by atoms with Gasteiger partial charge in [-0.05, 0) is 6.07 Å². The molecule has 0 spiro atoms. The lowest BCUT2D eigenvalue weighted by atomic mass is 10.1. The second-order valence-electron chi connectivity index (χ2n) is 6.57. The van der Waals surface area contributed by atoms with Gasteiger partial charge >= 0.3 is 6.18 Å². The predicted octanol–water partition coefficient (Wildman–Crippen LogP) is 2.40. The molecule has 0 unspecified atom stereocenters. The van der Waals surface area contributed by atoms with Gasteiger partial charge in [0, 0.05) is 25.7 Å². The average Bonchev–Trinajstić information content (AvgIpc) is 2.71. The molecule has 0 radical (unpaired) electrons. The lowest BCUT2D eigenvalue weighted by molar-refractivity contribution is -0.129. The zero-order valence-electron chi connectivity index (χ0n) is 16.5. The van der Waals surface area contributed by atoms with Crippen molar-refractivity contribution in [2.24, 2.45) is 7.05 Å². The first-order valence-corrected chi connectivity index (χ1v) is 10.4. The largest absolute Gasteiger partial charge is 0.390 e. The highest BCUT2D eigenvalue weighted by atomic mass is 32.2. The van der Waals surface area contributed by atoms with Crippen molar-refractivity contribution in [3.05, 3.63) is 40.4 Å². The van der Waals surface area contributed by atoms with Crippen LogP contribution in [-0.4, -0.2) is 46.9 Å². The van der Waals surface area contributed by atoms with E-state index in [0.717, 1.165) is 10.6 Å². The number of aryl methyl sites for hydroxylation is 1. The van der Waals surface area contributed by atoms with Gasteiger partial charge in [-0.25, -0.2) is 27.2 Å². The van der Waals surface area contributed by atoms with E-state index in [1.165, 1.54) is 13.2 Å². The molecule has 0 saturated carbocycles. The summed E-state index contributed by atoms with van der Waals surface area (Å²) >= 11 is 0. The molecule has 0 amide bonds. The molecular formula is C17H15F5N6O3S. The Hall–Kier alpha value is -3.36. The molecule has 0 aliphatic carbocycles. The number of halogens is 5. The van der Waals surface area contributed by atoms with Crippen molar-refractivity contribution in [3.63, 3.8) is 0 Å². The molecule has 2 N–H and O–H groups in total. The number of aromatic nitrogens is 4. The van der Waals surface area contributed by atoms with Gasteiger partial charge in [0.15, 0.2) is 17.5 Å². The van der Waals surface area contributed by atoms with Crippen LogP contribution in [0.1, 0.15) is 6.42 Å². The maximum absolute atomic E-state index is 15.0. The molecule has 3 aromatic rings. The van der Waals surface area contributed by atoms with E-state index in [1.54, 1.807) is 11.8 Å². The molecule has 172 valence electrons. The van der Waals surface area contributed by atoms with Crippen LogP contribution < -0.4 is 15.6 Å². The van der Waals surface area contributed by atoms with Crippen LogP contribution >= 0.6 is 0 Å². The van der Waals surface area contributed by atoms with Gasteiger partial charge in [0.2, 0.25) is 16.0 Å². The number of anilines is 2.